The lowest BCUT2D eigenvalue weighted by Crippen LogP contribution is -2.14. The number of rotatable bonds is 7. The second-order valence-electron chi connectivity index (χ2n) is 5.21. The first-order valence-electron chi connectivity index (χ1n) is 7.31. The molecule has 6 heteroatoms. The fraction of sp³-hybridized carbons (Fsp3) is 0.235. The van der Waals surface area contributed by atoms with Gasteiger partial charge in [-0.1, -0.05) is 24.3 Å². The summed E-state index contributed by atoms with van der Waals surface area (Å²) in [7, 11) is -3.29. The molecule has 2 aromatic rings. The van der Waals surface area contributed by atoms with Crippen LogP contribution >= 0.6 is 0 Å². The number of carbonyl (C=O) groups is 1. The third-order valence-corrected chi connectivity index (χ3v) is 4.76. The Labute approximate surface area is 136 Å². The van der Waals surface area contributed by atoms with Crippen LogP contribution < -0.4 is 4.72 Å². The summed E-state index contributed by atoms with van der Waals surface area (Å²) in [6.07, 6.45) is 1.38. The molecule has 0 fully saturated rings. The Morgan fingerprint density at radius 3 is 2.26 bits per heavy atom. The highest BCUT2D eigenvalue weighted by molar-refractivity contribution is 7.92. The van der Waals surface area contributed by atoms with Crippen LogP contribution in [0.3, 0.4) is 0 Å². The van der Waals surface area contributed by atoms with Gasteiger partial charge in [-0.3, -0.25) is 4.72 Å². The topological polar surface area (TPSA) is 83.5 Å². The number of nitrogens with one attached hydrogen (secondary N) is 1. The lowest BCUT2D eigenvalue weighted by molar-refractivity contribution is 0.0696. The van der Waals surface area contributed by atoms with Gasteiger partial charge in [-0.2, -0.15) is 0 Å². The molecular formula is C17H19NO4S. The Kier molecular flexibility index (Phi) is 5.39. The highest BCUT2D eigenvalue weighted by atomic mass is 32.2. The van der Waals surface area contributed by atoms with Crippen molar-refractivity contribution in [3.63, 3.8) is 0 Å². The van der Waals surface area contributed by atoms with E-state index in [9.17, 15) is 13.2 Å². The van der Waals surface area contributed by atoms with Crippen LogP contribution in [-0.2, 0) is 22.9 Å². The van der Waals surface area contributed by atoms with Gasteiger partial charge in [0.25, 0.3) is 0 Å². The second kappa shape index (κ2) is 7.28. The van der Waals surface area contributed by atoms with Crippen molar-refractivity contribution in [2.24, 2.45) is 0 Å². The van der Waals surface area contributed by atoms with Crippen LogP contribution in [0.4, 0.5) is 5.69 Å². The molecule has 0 saturated carbocycles. The van der Waals surface area contributed by atoms with Crippen LogP contribution in [0.1, 0.15) is 28.4 Å². The van der Waals surface area contributed by atoms with E-state index in [1.807, 2.05) is 12.1 Å². The van der Waals surface area contributed by atoms with Crippen LogP contribution in [0.5, 0.6) is 0 Å². The number of hydrogen-bond acceptors (Lipinski definition) is 3. The molecule has 23 heavy (non-hydrogen) atoms. The van der Waals surface area contributed by atoms with Crippen LogP contribution in [0.2, 0.25) is 0 Å². The summed E-state index contributed by atoms with van der Waals surface area (Å²) in [6, 6.07) is 14.1. The van der Waals surface area contributed by atoms with E-state index in [2.05, 4.69) is 4.72 Å². The van der Waals surface area contributed by atoms with E-state index in [1.165, 1.54) is 0 Å². The monoisotopic (exact) mass is 333 g/mol. The number of benzene rings is 2. The van der Waals surface area contributed by atoms with Crippen LogP contribution in [0.15, 0.2) is 48.5 Å². The average Bonchev–Trinajstić information content (AvgIpc) is 2.53. The van der Waals surface area contributed by atoms with E-state index in [4.69, 9.17) is 5.11 Å². The first kappa shape index (κ1) is 17.0. The molecule has 0 amide bonds. The molecule has 2 aromatic carbocycles. The van der Waals surface area contributed by atoms with Crippen LogP contribution in [-0.4, -0.2) is 25.2 Å². The molecule has 0 aliphatic heterocycles. The molecule has 0 aliphatic rings. The summed E-state index contributed by atoms with van der Waals surface area (Å²) < 4.78 is 25.7. The van der Waals surface area contributed by atoms with Crippen molar-refractivity contribution in [2.75, 3.05) is 10.5 Å². The minimum absolute atomic E-state index is 0.0270. The second-order valence-corrected chi connectivity index (χ2v) is 7.22. The average molecular weight is 333 g/mol. The van der Waals surface area contributed by atoms with E-state index < -0.39 is 16.0 Å². The molecule has 0 saturated heterocycles. The molecule has 0 aromatic heterocycles. The van der Waals surface area contributed by atoms with Gasteiger partial charge in [0.05, 0.1) is 11.3 Å². The SMILES string of the molecule is CCS(=O)(=O)Nc1cccc(CCc2cccc(C(=O)O)c2)c1. The van der Waals surface area contributed by atoms with Crippen LogP contribution in [0.25, 0.3) is 0 Å². The van der Waals surface area contributed by atoms with E-state index in [0.29, 0.717) is 18.5 Å². The molecule has 2 rings (SSSR count). The zero-order valence-electron chi connectivity index (χ0n) is 12.8. The van der Waals surface area contributed by atoms with Crippen molar-refractivity contribution in [1.29, 1.82) is 0 Å². The number of carboxylic acids is 1. The molecule has 122 valence electrons. The quantitative estimate of drug-likeness (QED) is 0.816. The normalized spacial score (nSPS) is 11.2. The molecule has 0 radical (unpaired) electrons. The number of carboxylic acid groups (broad SMARTS) is 1. The van der Waals surface area contributed by atoms with Gasteiger partial charge in [-0.05, 0) is 55.2 Å². The Morgan fingerprint density at radius 1 is 1.04 bits per heavy atom. The Hall–Kier alpha value is -2.34. The van der Waals surface area contributed by atoms with Crippen molar-refractivity contribution < 1.29 is 18.3 Å². The number of aryl methyl sites for hydroxylation is 2. The first-order chi connectivity index (χ1) is 10.9. The molecule has 0 aliphatic carbocycles. The molecule has 0 heterocycles. The third-order valence-electron chi connectivity index (χ3n) is 3.46. The van der Waals surface area contributed by atoms with Crippen molar-refractivity contribution in [2.45, 2.75) is 19.8 Å². The fourth-order valence-corrected chi connectivity index (χ4v) is 2.82. The summed E-state index contributed by atoms with van der Waals surface area (Å²) in [5.74, 6) is -0.915. The summed E-state index contributed by atoms with van der Waals surface area (Å²) in [4.78, 5) is 11.0. The lowest BCUT2D eigenvalue weighted by atomic mass is 10.0. The largest absolute Gasteiger partial charge is 0.478 e. The van der Waals surface area contributed by atoms with Gasteiger partial charge >= 0.3 is 5.97 Å². The number of aromatic carboxylic acids is 1. The van der Waals surface area contributed by atoms with Crippen molar-refractivity contribution in [3.05, 3.63) is 65.2 Å². The van der Waals surface area contributed by atoms with E-state index in [0.717, 1.165) is 11.1 Å². The van der Waals surface area contributed by atoms with Gasteiger partial charge in [0.1, 0.15) is 0 Å². The van der Waals surface area contributed by atoms with Gasteiger partial charge in [0.15, 0.2) is 0 Å². The van der Waals surface area contributed by atoms with Gasteiger partial charge < -0.3 is 5.11 Å². The molecular weight excluding hydrogens is 314 g/mol. The van der Waals surface area contributed by atoms with E-state index >= 15 is 0 Å². The zero-order valence-corrected chi connectivity index (χ0v) is 13.6. The molecule has 0 unspecified atom stereocenters. The van der Waals surface area contributed by atoms with Crippen molar-refractivity contribution >= 4 is 21.7 Å². The highest BCUT2D eigenvalue weighted by Crippen LogP contribution is 2.15. The Morgan fingerprint density at radius 2 is 1.65 bits per heavy atom. The third kappa shape index (κ3) is 5.10. The van der Waals surface area contributed by atoms with Gasteiger partial charge in [0.2, 0.25) is 10.0 Å². The highest BCUT2D eigenvalue weighted by Gasteiger charge is 2.07. The van der Waals surface area contributed by atoms with Gasteiger partial charge in [-0.15, -0.1) is 0 Å². The minimum atomic E-state index is -3.29. The molecule has 0 atom stereocenters. The predicted molar refractivity (Wildman–Crippen MR) is 90.3 cm³/mol. The smallest absolute Gasteiger partial charge is 0.335 e. The first-order valence-corrected chi connectivity index (χ1v) is 8.96. The van der Waals surface area contributed by atoms with E-state index in [1.54, 1.807) is 43.3 Å². The maximum absolute atomic E-state index is 11.6. The predicted octanol–water partition coefficient (Wildman–Crippen LogP) is 2.93. The summed E-state index contributed by atoms with van der Waals surface area (Å²) in [5.41, 5.74) is 2.74. The standard InChI is InChI=1S/C17H19NO4S/c1-2-23(21,22)18-16-8-4-6-14(12-16)10-9-13-5-3-7-15(11-13)17(19)20/h3-8,11-12,18H,2,9-10H2,1H3,(H,19,20). The Balaban J connectivity index is 2.06. The zero-order chi connectivity index (χ0) is 16.9. The fourth-order valence-electron chi connectivity index (χ4n) is 2.19. The van der Waals surface area contributed by atoms with Crippen molar-refractivity contribution in [1.82, 2.24) is 0 Å². The number of sulfonamides is 1. The molecule has 5 nitrogen and oxygen atoms in total. The summed E-state index contributed by atoms with van der Waals surface area (Å²) >= 11 is 0. The van der Waals surface area contributed by atoms with Gasteiger partial charge in [0, 0.05) is 5.69 Å². The summed E-state index contributed by atoms with van der Waals surface area (Å²) in [5, 5.41) is 9.00. The minimum Gasteiger partial charge on any atom is -0.478 e. The molecule has 0 spiro atoms. The van der Waals surface area contributed by atoms with Gasteiger partial charge in [-0.25, -0.2) is 13.2 Å². The van der Waals surface area contributed by atoms with Crippen LogP contribution in [0, 0.1) is 0 Å². The Bertz CT molecular complexity index is 800. The number of anilines is 1. The summed E-state index contributed by atoms with van der Waals surface area (Å²) in [6.45, 7) is 1.58. The molecule has 2 N–H and O–H groups in total. The maximum Gasteiger partial charge on any atom is 0.335 e. The number of hydrogen-bond donors (Lipinski definition) is 2. The molecule has 0 bridgehead atoms. The lowest BCUT2D eigenvalue weighted by Gasteiger charge is -2.08. The van der Waals surface area contributed by atoms with E-state index in [-0.39, 0.29) is 11.3 Å². The van der Waals surface area contributed by atoms with Crippen molar-refractivity contribution in [3.8, 4) is 0 Å². The maximum atomic E-state index is 11.6.